The second kappa shape index (κ2) is 6.27. The van der Waals surface area contributed by atoms with Crippen molar-refractivity contribution >= 4 is 22.7 Å². The van der Waals surface area contributed by atoms with E-state index in [1.54, 1.807) is 24.3 Å². The Bertz CT molecular complexity index is 875. The highest BCUT2D eigenvalue weighted by molar-refractivity contribution is 6.04. The van der Waals surface area contributed by atoms with Crippen LogP contribution in [0.3, 0.4) is 0 Å². The monoisotopic (exact) mass is 307 g/mol. The molecule has 0 atom stereocenters. The summed E-state index contributed by atoms with van der Waals surface area (Å²) in [5.74, 6) is -1.83. The van der Waals surface area contributed by atoms with Crippen LogP contribution in [0.4, 0.5) is 0 Å². The molecule has 3 aromatic rings. The van der Waals surface area contributed by atoms with Crippen LogP contribution in [0.1, 0.15) is 26.5 Å². The minimum absolute atomic E-state index is 0.0106. The number of carboxylic acid groups (broad SMARTS) is 1. The molecule has 0 spiro atoms. The molecule has 23 heavy (non-hydrogen) atoms. The molecule has 5 heteroatoms. The number of carbonyl (C=O) groups is 2. The van der Waals surface area contributed by atoms with Crippen molar-refractivity contribution in [2.24, 2.45) is 0 Å². The number of nitrogens with zero attached hydrogens (tertiary/aromatic N) is 1. The molecule has 0 saturated heterocycles. The molecule has 0 fully saturated rings. The molecule has 1 aromatic heterocycles. The molecule has 0 aliphatic rings. The second-order valence-electron chi connectivity index (χ2n) is 4.94. The zero-order valence-electron chi connectivity index (χ0n) is 12.1. The maximum atomic E-state index is 12.3. The third-order valence-corrected chi connectivity index (χ3v) is 3.37. The molecule has 3 rings (SSSR count). The molecular weight excluding hydrogens is 294 g/mol. The predicted octanol–water partition coefficient (Wildman–Crippen LogP) is 3.29. The number of aromatic carboxylic acids is 1. The average molecular weight is 307 g/mol. The summed E-state index contributed by atoms with van der Waals surface area (Å²) in [4.78, 5) is 27.5. The van der Waals surface area contributed by atoms with Gasteiger partial charge in [0.15, 0.2) is 5.69 Å². The Hall–Kier alpha value is -3.21. The third kappa shape index (κ3) is 3.18. The Morgan fingerprint density at radius 2 is 1.70 bits per heavy atom. The van der Waals surface area contributed by atoms with Crippen LogP contribution in [0.25, 0.3) is 10.8 Å². The SMILES string of the molecule is O=C(O)c1cc2ccccc2c(C(=O)OCc2ccccc2)n1. The number of rotatable bonds is 4. The van der Waals surface area contributed by atoms with E-state index in [0.29, 0.717) is 10.8 Å². The van der Waals surface area contributed by atoms with Crippen LogP contribution in [-0.2, 0) is 11.3 Å². The van der Waals surface area contributed by atoms with Gasteiger partial charge in [-0.05, 0) is 17.0 Å². The first kappa shape index (κ1) is 14.7. The van der Waals surface area contributed by atoms with E-state index in [0.717, 1.165) is 5.56 Å². The fraction of sp³-hybridized carbons (Fsp3) is 0.0556. The largest absolute Gasteiger partial charge is 0.477 e. The number of carboxylic acids is 1. The van der Waals surface area contributed by atoms with Gasteiger partial charge in [0.2, 0.25) is 0 Å². The van der Waals surface area contributed by atoms with Crippen molar-refractivity contribution < 1.29 is 19.4 Å². The van der Waals surface area contributed by atoms with Crippen LogP contribution in [0.15, 0.2) is 60.7 Å². The minimum atomic E-state index is -1.19. The quantitative estimate of drug-likeness (QED) is 0.748. The molecule has 114 valence electrons. The summed E-state index contributed by atoms with van der Waals surface area (Å²) in [6.07, 6.45) is 0. The van der Waals surface area contributed by atoms with Crippen molar-refractivity contribution in [2.75, 3.05) is 0 Å². The molecule has 2 aromatic carbocycles. The van der Waals surface area contributed by atoms with Gasteiger partial charge in [-0.1, -0.05) is 54.6 Å². The molecule has 1 heterocycles. The van der Waals surface area contributed by atoms with Crippen LogP contribution in [0.2, 0.25) is 0 Å². The number of hydrogen-bond acceptors (Lipinski definition) is 4. The van der Waals surface area contributed by atoms with E-state index in [2.05, 4.69) is 4.98 Å². The van der Waals surface area contributed by atoms with Crippen LogP contribution >= 0.6 is 0 Å². The lowest BCUT2D eigenvalue weighted by Crippen LogP contribution is -2.11. The standard InChI is InChI=1S/C18H13NO4/c20-17(21)15-10-13-8-4-5-9-14(13)16(19-15)18(22)23-11-12-6-2-1-3-7-12/h1-10H,11H2,(H,20,21). The summed E-state index contributed by atoms with van der Waals surface area (Å²) in [6, 6.07) is 17.7. The highest BCUT2D eigenvalue weighted by Crippen LogP contribution is 2.20. The van der Waals surface area contributed by atoms with E-state index in [4.69, 9.17) is 9.84 Å². The van der Waals surface area contributed by atoms with E-state index in [9.17, 15) is 9.59 Å². The van der Waals surface area contributed by atoms with Crippen molar-refractivity contribution in [3.63, 3.8) is 0 Å². The Morgan fingerprint density at radius 3 is 2.43 bits per heavy atom. The number of benzene rings is 2. The summed E-state index contributed by atoms with van der Waals surface area (Å²) in [5, 5.41) is 10.3. The first-order valence-electron chi connectivity index (χ1n) is 6.99. The van der Waals surface area contributed by atoms with Gasteiger partial charge in [0, 0.05) is 5.39 Å². The molecular formula is C18H13NO4. The third-order valence-electron chi connectivity index (χ3n) is 3.37. The average Bonchev–Trinajstić information content (AvgIpc) is 2.59. The van der Waals surface area contributed by atoms with Gasteiger partial charge < -0.3 is 9.84 Å². The van der Waals surface area contributed by atoms with E-state index >= 15 is 0 Å². The van der Waals surface area contributed by atoms with Gasteiger partial charge in [0.05, 0.1) is 0 Å². The van der Waals surface area contributed by atoms with Gasteiger partial charge in [-0.3, -0.25) is 0 Å². The van der Waals surface area contributed by atoms with Gasteiger partial charge in [-0.25, -0.2) is 14.6 Å². The highest BCUT2D eigenvalue weighted by Gasteiger charge is 2.17. The lowest BCUT2D eigenvalue weighted by atomic mass is 10.1. The number of ether oxygens (including phenoxy) is 1. The number of carbonyl (C=O) groups excluding carboxylic acids is 1. The number of aromatic nitrogens is 1. The number of fused-ring (bicyclic) bond motifs is 1. The van der Waals surface area contributed by atoms with Gasteiger partial charge in [0.25, 0.3) is 0 Å². The van der Waals surface area contributed by atoms with Crippen molar-refractivity contribution in [2.45, 2.75) is 6.61 Å². The molecule has 5 nitrogen and oxygen atoms in total. The maximum Gasteiger partial charge on any atom is 0.357 e. The predicted molar refractivity (Wildman–Crippen MR) is 84.3 cm³/mol. The van der Waals surface area contributed by atoms with E-state index in [1.165, 1.54) is 6.07 Å². The maximum absolute atomic E-state index is 12.3. The second-order valence-corrected chi connectivity index (χ2v) is 4.94. The van der Waals surface area contributed by atoms with Crippen LogP contribution in [0.5, 0.6) is 0 Å². The van der Waals surface area contributed by atoms with Gasteiger partial charge in [0.1, 0.15) is 12.3 Å². The normalized spacial score (nSPS) is 10.4. The fourth-order valence-electron chi connectivity index (χ4n) is 2.26. The van der Waals surface area contributed by atoms with Crippen LogP contribution in [-0.4, -0.2) is 22.0 Å². The van der Waals surface area contributed by atoms with Gasteiger partial charge >= 0.3 is 11.9 Å². The van der Waals surface area contributed by atoms with E-state index < -0.39 is 11.9 Å². The number of hydrogen-bond donors (Lipinski definition) is 1. The van der Waals surface area contributed by atoms with Crippen LogP contribution in [0, 0.1) is 0 Å². The Morgan fingerprint density at radius 1 is 1.00 bits per heavy atom. The van der Waals surface area contributed by atoms with Gasteiger partial charge in [-0.2, -0.15) is 0 Å². The van der Waals surface area contributed by atoms with E-state index in [1.807, 2.05) is 30.3 Å². The molecule has 0 bridgehead atoms. The van der Waals surface area contributed by atoms with Crippen molar-refractivity contribution in [1.82, 2.24) is 4.98 Å². The molecule has 1 N–H and O–H groups in total. The van der Waals surface area contributed by atoms with Crippen LogP contribution < -0.4 is 0 Å². The summed E-state index contributed by atoms with van der Waals surface area (Å²) in [5.41, 5.74) is 0.673. The summed E-state index contributed by atoms with van der Waals surface area (Å²) < 4.78 is 5.26. The lowest BCUT2D eigenvalue weighted by molar-refractivity contribution is 0.0468. The summed E-state index contributed by atoms with van der Waals surface area (Å²) in [6.45, 7) is 0.104. The van der Waals surface area contributed by atoms with Crippen molar-refractivity contribution in [1.29, 1.82) is 0 Å². The zero-order valence-corrected chi connectivity index (χ0v) is 12.1. The minimum Gasteiger partial charge on any atom is -0.477 e. The fourth-order valence-corrected chi connectivity index (χ4v) is 2.26. The Balaban J connectivity index is 1.94. The molecule has 0 unspecified atom stereocenters. The number of pyridine rings is 1. The lowest BCUT2D eigenvalue weighted by Gasteiger charge is -2.08. The Labute approximate surface area is 132 Å². The Kier molecular flexibility index (Phi) is 4.01. The first-order valence-corrected chi connectivity index (χ1v) is 6.99. The molecule has 0 aliphatic heterocycles. The first-order chi connectivity index (χ1) is 11.1. The molecule has 0 saturated carbocycles. The van der Waals surface area contributed by atoms with Crippen molar-refractivity contribution in [3.8, 4) is 0 Å². The molecule has 0 radical (unpaired) electrons. The number of esters is 1. The van der Waals surface area contributed by atoms with E-state index in [-0.39, 0.29) is 18.0 Å². The zero-order chi connectivity index (χ0) is 16.2. The van der Waals surface area contributed by atoms with Crippen molar-refractivity contribution in [3.05, 3.63) is 77.6 Å². The summed E-state index contributed by atoms with van der Waals surface area (Å²) in [7, 11) is 0. The topological polar surface area (TPSA) is 76.5 Å². The van der Waals surface area contributed by atoms with Gasteiger partial charge in [-0.15, -0.1) is 0 Å². The smallest absolute Gasteiger partial charge is 0.357 e. The molecule has 0 amide bonds. The summed E-state index contributed by atoms with van der Waals surface area (Å²) >= 11 is 0. The molecule has 0 aliphatic carbocycles. The highest BCUT2D eigenvalue weighted by atomic mass is 16.5.